The second kappa shape index (κ2) is 3.81. The van der Waals surface area contributed by atoms with Gasteiger partial charge in [-0.2, -0.15) is 0 Å². The summed E-state index contributed by atoms with van der Waals surface area (Å²) >= 11 is 0. The average Bonchev–Trinajstić information content (AvgIpc) is 2.32. The molecule has 0 saturated carbocycles. The van der Waals surface area contributed by atoms with Crippen LogP contribution in [0.4, 0.5) is 4.39 Å². The van der Waals surface area contributed by atoms with E-state index in [0.717, 1.165) is 0 Å². The van der Waals surface area contributed by atoms with Crippen molar-refractivity contribution in [3.05, 3.63) is 41.7 Å². The second-order valence-corrected chi connectivity index (χ2v) is 3.32. The number of phenolic OH excluding ortho intramolecular Hbond substituents is 1. The van der Waals surface area contributed by atoms with Crippen molar-refractivity contribution in [1.29, 1.82) is 0 Å². The van der Waals surface area contributed by atoms with Gasteiger partial charge in [-0.15, -0.1) is 0 Å². The number of esters is 1. The molecule has 0 fully saturated rings. The lowest BCUT2D eigenvalue weighted by Crippen LogP contribution is -2.00. The monoisotopic (exact) mass is 220 g/mol. The Balaban J connectivity index is 2.69. The van der Waals surface area contributed by atoms with Gasteiger partial charge in [0.25, 0.3) is 0 Å². The smallest absolute Gasteiger partial charge is 0.337 e. The molecule has 0 aliphatic heterocycles. The van der Waals surface area contributed by atoms with E-state index in [2.05, 4.69) is 4.74 Å². The van der Waals surface area contributed by atoms with Gasteiger partial charge in [0.2, 0.25) is 0 Å². The van der Waals surface area contributed by atoms with Crippen molar-refractivity contribution in [2.24, 2.45) is 0 Å². The summed E-state index contributed by atoms with van der Waals surface area (Å²) in [5, 5.41) is 10.5. The molecule has 3 nitrogen and oxygen atoms in total. The third-order valence-electron chi connectivity index (χ3n) is 2.36. The Morgan fingerprint density at radius 3 is 2.69 bits per heavy atom. The summed E-state index contributed by atoms with van der Waals surface area (Å²) < 4.78 is 17.6. The van der Waals surface area contributed by atoms with Gasteiger partial charge in [-0.1, -0.05) is 12.1 Å². The first-order valence-electron chi connectivity index (χ1n) is 4.63. The maximum atomic E-state index is 13.1. The molecule has 0 amide bonds. The zero-order chi connectivity index (χ0) is 11.7. The van der Waals surface area contributed by atoms with Gasteiger partial charge >= 0.3 is 5.97 Å². The van der Waals surface area contributed by atoms with Crippen molar-refractivity contribution in [3.8, 4) is 5.75 Å². The first-order valence-corrected chi connectivity index (χ1v) is 4.63. The molecule has 0 aromatic heterocycles. The number of hydrogen-bond acceptors (Lipinski definition) is 3. The molecule has 0 heterocycles. The Hall–Kier alpha value is -2.10. The van der Waals surface area contributed by atoms with E-state index < -0.39 is 17.5 Å². The van der Waals surface area contributed by atoms with Crippen molar-refractivity contribution in [2.75, 3.05) is 7.11 Å². The van der Waals surface area contributed by atoms with Gasteiger partial charge in [-0.05, 0) is 23.6 Å². The molecule has 0 radical (unpaired) electrons. The lowest BCUT2D eigenvalue weighted by atomic mass is 10.1. The maximum Gasteiger partial charge on any atom is 0.337 e. The lowest BCUT2D eigenvalue weighted by molar-refractivity contribution is 0.0601. The van der Waals surface area contributed by atoms with E-state index in [4.69, 9.17) is 0 Å². The molecular weight excluding hydrogens is 211 g/mol. The third-order valence-corrected chi connectivity index (χ3v) is 2.36. The van der Waals surface area contributed by atoms with Gasteiger partial charge in [0, 0.05) is 5.39 Å². The van der Waals surface area contributed by atoms with Crippen LogP contribution in [0, 0.1) is 5.82 Å². The number of halogens is 1. The first kappa shape index (κ1) is 10.4. The lowest BCUT2D eigenvalue weighted by Gasteiger charge is -2.04. The van der Waals surface area contributed by atoms with Gasteiger partial charge in [-0.25, -0.2) is 9.18 Å². The quantitative estimate of drug-likeness (QED) is 0.751. The zero-order valence-corrected chi connectivity index (χ0v) is 8.53. The number of phenols is 1. The maximum absolute atomic E-state index is 13.1. The molecular formula is C12H9FO3. The van der Waals surface area contributed by atoms with E-state index in [-0.39, 0.29) is 5.56 Å². The van der Waals surface area contributed by atoms with Crippen molar-refractivity contribution in [3.63, 3.8) is 0 Å². The fourth-order valence-corrected chi connectivity index (χ4v) is 1.52. The van der Waals surface area contributed by atoms with Gasteiger partial charge in [0.05, 0.1) is 12.7 Å². The summed E-state index contributed by atoms with van der Waals surface area (Å²) in [6.45, 7) is 0. The van der Waals surface area contributed by atoms with Crippen LogP contribution in [0.25, 0.3) is 10.8 Å². The number of aromatic hydroxyl groups is 1. The molecule has 2 rings (SSSR count). The largest absolute Gasteiger partial charge is 0.504 e. The molecule has 0 unspecified atom stereocenters. The summed E-state index contributed by atoms with van der Waals surface area (Å²) in [6, 6.07) is 7.30. The number of ether oxygens (including phenoxy) is 1. The standard InChI is InChI=1S/C12H9FO3/c1-16-12(15)8-3-2-7-4-5-10(13)11(14)9(7)6-8/h2-6,14H,1H3. The Bertz CT molecular complexity index is 563. The van der Waals surface area contributed by atoms with E-state index in [9.17, 15) is 14.3 Å². The minimum atomic E-state index is -0.713. The third kappa shape index (κ3) is 1.58. The topological polar surface area (TPSA) is 46.5 Å². The zero-order valence-electron chi connectivity index (χ0n) is 8.53. The van der Waals surface area contributed by atoms with Crippen LogP contribution >= 0.6 is 0 Å². The van der Waals surface area contributed by atoms with Crippen LogP contribution in [0.1, 0.15) is 10.4 Å². The number of methoxy groups -OCH3 is 1. The summed E-state index contributed by atoms with van der Waals surface area (Å²) in [7, 11) is 1.26. The Morgan fingerprint density at radius 1 is 1.31 bits per heavy atom. The Labute approximate surface area is 91.1 Å². The number of carbonyl (C=O) groups excluding carboxylic acids is 1. The number of fused-ring (bicyclic) bond motifs is 1. The number of carbonyl (C=O) groups is 1. The molecule has 0 spiro atoms. The molecule has 4 heteroatoms. The van der Waals surface area contributed by atoms with Gasteiger partial charge in [0.1, 0.15) is 0 Å². The molecule has 0 atom stereocenters. The average molecular weight is 220 g/mol. The number of hydrogen-bond donors (Lipinski definition) is 1. The van der Waals surface area contributed by atoms with Crippen LogP contribution < -0.4 is 0 Å². The highest BCUT2D eigenvalue weighted by molar-refractivity contribution is 5.97. The highest BCUT2D eigenvalue weighted by atomic mass is 19.1. The SMILES string of the molecule is COC(=O)c1ccc2ccc(F)c(O)c2c1. The van der Waals surface area contributed by atoms with E-state index in [1.165, 1.54) is 25.3 Å². The number of benzene rings is 2. The minimum absolute atomic E-state index is 0.274. The van der Waals surface area contributed by atoms with Gasteiger partial charge in [0.15, 0.2) is 11.6 Å². The predicted molar refractivity (Wildman–Crippen MR) is 56.9 cm³/mol. The summed E-state index contributed by atoms with van der Waals surface area (Å²) in [4.78, 5) is 11.3. The fraction of sp³-hybridized carbons (Fsp3) is 0.0833. The molecule has 0 bridgehead atoms. The second-order valence-electron chi connectivity index (χ2n) is 3.32. The number of rotatable bonds is 1. The van der Waals surface area contributed by atoms with Crippen LogP contribution in [0.15, 0.2) is 30.3 Å². The van der Waals surface area contributed by atoms with Gasteiger partial charge < -0.3 is 9.84 Å². The summed E-state index contributed by atoms with van der Waals surface area (Å²) in [6.07, 6.45) is 0. The molecule has 82 valence electrons. The van der Waals surface area contributed by atoms with Crippen LogP contribution in [0.2, 0.25) is 0 Å². The summed E-state index contributed by atoms with van der Waals surface area (Å²) in [5.74, 6) is -1.69. The molecule has 0 saturated heterocycles. The highest BCUT2D eigenvalue weighted by Gasteiger charge is 2.10. The van der Waals surface area contributed by atoms with Crippen molar-refractivity contribution >= 4 is 16.7 Å². The Kier molecular flexibility index (Phi) is 2.48. The molecule has 0 aliphatic carbocycles. The summed E-state index contributed by atoms with van der Waals surface area (Å²) in [5.41, 5.74) is 0.274. The molecule has 2 aromatic carbocycles. The molecule has 16 heavy (non-hydrogen) atoms. The van der Waals surface area contributed by atoms with E-state index in [1.54, 1.807) is 12.1 Å². The Morgan fingerprint density at radius 2 is 2.00 bits per heavy atom. The van der Waals surface area contributed by atoms with E-state index >= 15 is 0 Å². The highest BCUT2D eigenvalue weighted by Crippen LogP contribution is 2.28. The van der Waals surface area contributed by atoms with E-state index in [1.807, 2.05) is 0 Å². The molecule has 2 aromatic rings. The predicted octanol–water partition coefficient (Wildman–Crippen LogP) is 2.47. The van der Waals surface area contributed by atoms with Crippen LogP contribution in [0.3, 0.4) is 0 Å². The van der Waals surface area contributed by atoms with Crippen LogP contribution in [-0.2, 0) is 4.74 Å². The van der Waals surface area contributed by atoms with E-state index in [0.29, 0.717) is 10.8 Å². The minimum Gasteiger partial charge on any atom is -0.504 e. The molecule has 0 aliphatic rings. The van der Waals surface area contributed by atoms with Crippen molar-refractivity contribution in [2.45, 2.75) is 0 Å². The fourth-order valence-electron chi connectivity index (χ4n) is 1.52. The van der Waals surface area contributed by atoms with Gasteiger partial charge in [-0.3, -0.25) is 0 Å². The van der Waals surface area contributed by atoms with Crippen LogP contribution in [-0.4, -0.2) is 18.2 Å². The first-order chi connectivity index (χ1) is 7.63. The van der Waals surface area contributed by atoms with Crippen molar-refractivity contribution < 1.29 is 19.0 Å². The van der Waals surface area contributed by atoms with Crippen LogP contribution in [0.5, 0.6) is 5.75 Å². The normalized spacial score (nSPS) is 10.4. The molecule has 1 N–H and O–H groups in total. The van der Waals surface area contributed by atoms with Crippen molar-refractivity contribution in [1.82, 2.24) is 0 Å².